The molecule has 3 fully saturated rings. The van der Waals surface area contributed by atoms with E-state index in [-0.39, 0.29) is 35.9 Å². The van der Waals surface area contributed by atoms with Gasteiger partial charge in [0, 0.05) is 6.92 Å². The van der Waals surface area contributed by atoms with E-state index in [1.807, 2.05) is 0 Å². The number of hydrogen-bond acceptors (Lipinski definition) is 5. The molecule has 3 aliphatic rings. The van der Waals surface area contributed by atoms with Crippen molar-refractivity contribution in [3.05, 3.63) is 12.2 Å². The average Bonchev–Trinajstić information content (AvgIpc) is 2.63. The van der Waals surface area contributed by atoms with Gasteiger partial charge in [-0.05, 0) is 66.6 Å². The lowest BCUT2D eigenvalue weighted by Gasteiger charge is -2.65. The molecule has 3 saturated carbocycles. The van der Waals surface area contributed by atoms with Crippen LogP contribution in [0.1, 0.15) is 79.6 Å². The van der Waals surface area contributed by atoms with Gasteiger partial charge in [0.05, 0.1) is 5.92 Å². The summed E-state index contributed by atoms with van der Waals surface area (Å²) in [5.74, 6) is 0.0748. The lowest BCUT2D eigenvalue weighted by atomic mass is 9.39. The second-order valence-corrected chi connectivity index (χ2v) is 11.2. The third-order valence-electron chi connectivity index (χ3n) is 8.79. The molecule has 0 amide bonds. The number of fused-ring (bicyclic) bond motifs is 3. The average molecular weight is 421 g/mol. The molecule has 170 valence electrons. The fourth-order valence-electron chi connectivity index (χ4n) is 7.59. The predicted octanol–water partition coefficient (Wildman–Crippen LogP) is 4.67. The maximum Gasteiger partial charge on any atom is 0.313 e. The quantitative estimate of drug-likeness (QED) is 0.517. The zero-order valence-corrected chi connectivity index (χ0v) is 19.5. The normalized spacial score (nSPS) is 38.7. The molecular weight excluding hydrogens is 380 g/mol. The second kappa shape index (κ2) is 8.29. The lowest BCUT2D eigenvalue weighted by molar-refractivity contribution is -0.178. The van der Waals surface area contributed by atoms with Gasteiger partial charge >= 0.3 is 11.9 Å². The van der Waals surface area contributed by atoms with E-state index < -0.39 is 12.1 Å². The molecule has 0 heterocycles. The van der Waals surface area contributed by atoms with Crippen LogP contribution in [0.25, 0.3) is 0 Å². The Kier molecular flexibility index (Phi) is 6.44. The maximum atomic E-state index is 13.2. The predicted molar refractivity (Wildman–Crippen MR) is 116 cm³/mol. The third kappa shape index (κ3) is 4.06. The summed E-state index contributed by atoms with van der Waals surface area (Å²) in [4.78, 5) is 24.1. The Morgan fingerprint density at radius 3 is 2.37 bits per heavy atom. The van der Waals surface area contributed by atoms with Crippen molar-refractivity contribution in [1.29, 1.82) is 0 Å². The van der Waals surface area contributed by atoms with Crippen molar-refractivity contribution in [2.45, 2.75) is 85.7 Å². The fraction of sp³-hybridized carbons (Fsp3) is 0.840. The van der Waals surface area contributed by atoms with Gasteiger partial charge in [-0.15, -0.1) is 0 Å². The van der Waals surface area contributed by atoms with Crippen LogP contribution in [0.2, 0.25) is 0 Å². The van der Waals surface area contributed by atoms with Gasteiger partial charge in [-0.3, -0.25) is 9.59 Å². The number of aliphatic hydroxyl groups is 1. The molecule has 5 heteroatoms. The number of aliphatic hydroxyl groups excluding tert-OH is 1. The van der Waals surface area contributed by atoms with Crippen LogP contribution in [0.5, 0.6) is 0 Å². The van der Waals surface area contributed by atoms with Crippen molar-refractivity contribution >= 4 is 11.9 Å². The zero-order chi connectivity index (χ0) is 22.3. The molecule has 1 N–H and O–H groups in total. The Bertz CT molecular complexity index is 698. The van der Waals surface area contributed by atoms with Gasteiger partial charge in [-0.1, -0.05) is 46.3 Å². The Labute approximate surface area is 181 Å². The molecular formula is C25H40O5. The fourth-order valence-corrected chi connectivity index (χ4v) is 7.59. The summed E-state index contributed by atoms with van der Waals surface area (Å²) in [6.07, 6.45) is 6.87. The van der Waals surface area contributed by atoms with Crippen molar-refractivity contribution in [3.63, 3.8) is 0 Å². The monoisotopic (exact) mass is 420 g/mol. The molecule has 0 radical (unpaired) electrons. The highest BCUT2D eigenvalue weighted by atomic mass is 16.6. The summed E-state index contributed by atoms with van der Waals surface area (Å²) in [6, 6.07) is 0. The topological polar surface area (TPSA) is 72.8 Å². The number of rotatable bonds is 5. The molecule has 3 aliphatic carbocycles. The summed E-state index contributed by atoms with van der Waals surface area (Å²) in [6.45, 7) is 14.8. The minimum atomic E-state index is -1.01. The number of carbonyl (C=O) groups is 2. The summed E-state index contributed by atoms with van der Waals surface area (Å²) >= 11 is 0. The highest BCUT2D eigenvalue weighted by Gasteiger charge is 2.62. The Morgan fingerprint density at radius 2 is 1.70 bits per heavy atom. The van der Waals surface area contributed by atoms with Crippen LogP contribution >= 0.6 is 0 Å². The van der Waals surface area contributed by atoms with Gasteiger partial charge in [0.1, 0.15) is 19.3 Å². The van der Waals surface area contributed by atoms with E-state index in [1.54, 1.807) is 0 Å². The Balaban J connectivity index is 1.77. The summed E-state index contributed by atoms with van der Waals surface area (Å²) in [5.41, 5.74) is 1.39. The standard InChI is InChI=1S/C25H40O5/c1-16-8-9-20-24(5)12-7-11-23(3,4)19(24)10-13-25(20,6)21(16)22(28)30-15-18(27)14-29-17(2)26/h18-21,27H,1,7-15H2,2-6H3/t18-,19?,20?,21+,24+,25-/m0/s1. The largest absolute Gasteiger partial charge is 0.463 e. The first kappa shape index (κ1) is 23.3. The Hall–Kier alpha value is -1.36. The van der Waals surface area contributed by atoms with Gasteiger partial charge < -0.3 is 14.6 Å². The van der Waals surface area contributed by atoms with Crippen LogP contribution < -0.4 is 0 Å². The van der Waals surface area contributed by atoms with Gasteiger partial charge in [0.15, 0.2) is 0 Å². The molecule has 0 aromatic heterocycles. The minimum Gasteiger partial charge on any atom is -0.463 e. The molecule has 3 rings (SSSR count). The number of carbonyl (C=O) groups excluding carboxylic acids is 2. The summed E-state index contributed by atoms with van der Waals surface area (Å²) in [5, 5.41) is 9.98. The summed E-state index contributed by atoms with van der Waals surface area (Å²) < 4.78 is 10.3. The first-order valence-corrected chi connectivity index (χ1v) is 11.6. The van der Waals surface area contributed by atoms with Gasteiger partial charge in [-0.2, -0.15) is 0 Å². The number of hydrogen-bond donors (Lipinski definition) is 1. The van der Waals surface area contributed by atoms with Crippen molar-refractivity contribution in [2.75, 3.05) is 13.2 Å². The van der Waals surface area contributed by atoms with Crippen molar-refractivity contribution in [3.8, 4) is 0 Å². The molecule has 5 nitrogen and oxygen atoms in total. The van der Waals surface area contributed by atoms with Gasteiger partial charge in [-0.25, -0.2) is 0 Å². The van der Waals surface area contributed by atoms with Gasteiger partial charge in [0.25, 0.3) is 0 Å². The van der Waals surface area contributed by atoms with Crippen molar-refractivity contribution in [2.24, 2.45) is 34.0 Å². The lowest BCUT2D eigenvalue weighted by Crippen LogP contribution is -2.59. The van der Waals surface area contributed by atoms with Crippen LogP contribution in [0.15, 0.2) is 12.2 Å². The van der Waals surface area contributed by atoms with Crippen LogP contribution in [-0.4, -0.2) is 36.4 Å². The molecule has 2 unspecified atom stereocenters. The molecule has 6 atom stereocenters. The minimum absolute atomic E-state index is 0.161. The number of ether oxygens (including phenoxy) is 2. The van der Waals surface area contributed by atoms with Crippen LogP contribution in [0, 0.1) is 34.0 Å². The van der Waals surface area contributed by atoms with E-state index in [0.29, 0.717) is 17.3 Å². The summed E-state index contributed by atoms with van der Waals surface area (Å²) in [7, 11) is 0. The van der Waals surface area contributed by atoms with Crippen molar-refractivity contribution in [1.82, 2.24) is 0 Å². The second-order valence-electron chi connectivity index (χ2n) is 11.2. The zero-order valence-electron chi connectivity index (χ0n) is 19.5. The van der Waals surface area contributed by atoms with E-state index in [4.69, 9.17) is 9.47 Å². The molecule has 0 aromatic carbocycles. The van der Waals surface area contributed by atoms with E-state index in [2.05, 4.69) is 34.3 Å². The number of esters is 2. The van der Waals surface area contributed by atoms with E-state index >= 15 is 0 Å². The molecule has 0 aliphatic heterocycles. The molecule has 0 aromatic rings. The first-order chi connectivity index (χ1) is 13.9. The third-order valence-corrected chi connectivity index (χ3v) is 8.79. The van der Waals surface area contributed by atoms with Crippen LogP contribution in [0.3, 0.4) is 0 Å². The maximum absolute atomic E-state index is 13.2. The Morgan fingerprint density at radius 1 is 1.03 bits per heavy atom. The first-order valence-electron chi connectivity index (χ1n) is 11.6. The van der Waals surface area contributed by atoms with Gasteiger partial charge in [0.2, 0.25) is 0 Å². The molecule has 0 bridgehead atoms. The van der Waals surface area contributed by atoms with E-state index in [1.165, 1.54) is 26.2 Å². The SMILES string of the molecule is C=C1CCC2[C@]3(C)CCCC(C)(C)C3CC[C@]2(C)[C@H]1C(=O)OC[C@@H](O)COC(C)=O. The van der Waals surface area contributed by atoms with E-state index in [0.717, 1.165) is 31.3 Å². The molecule has 30 heavy (non-hydrogen) atoms. The van der Waals surface area contributed by atoms with Crippen molar-refractivity contribution < 1.29 is 24.2 Å². The highest BCUT2D eigenvalue weighted by Crippen LogP contribution is 2.69. The smallest absolute Gasteiger partial charge is 0.313 e. The van der Waals surface area contributed by atoms with Crippen LogP contribution in [0.4, 0.5) is 0 Å². The molecule has 0 saturated heterocycles. The molecule has 0 spiro atoms. The highest BCUT2D eigenvalue weighted by molar-refractivity contribution is 5.77. The van der Waals surface area contributed by atoms with E-state index in [9.17, 15) is 14.7 Å². The van der Waals surface area contributed by atoms with Crippen LogP contribution in [-0.2, 0) is 19.1 Å².